The molecule has 102 valence electrons. The van der Waals surface area contributed by atoms with Gasteiger partial charge in [0, 0.05) is 11.9 Å². The van der Waals surface area contributed by atoms with E-state index >= 15 is 0 Å². The minimum atomic E-state index is -0.268. The highest BCUT2D eigenvalue weighted by atomic mass is 16.2. The number of anilines is 1. The lowest BCUT2D eigenvalue weighted by Crippen LogP contribution is -2.18. The monoisotopic (exact) mass is 271 g/mol. The molecular formula is C13H13N5O2. The summed E-state index contributed by atoms with van der Waals surface area (Å²) in [7, 11) is 0. The van der Waals surface area contributed by atoms with E-state index in [1.165, 1.54) is 0 Å². The fourth-order valence-corrected chi connectivity index (χ4v) is 2.01. The van der Waals surface area contributed by atoms with Crippen LogP contribution in [0.1, 0.15) is 5.56 Å². The van der Waals surface area contributed by atoms with Crippen molar-refractivity contribution in [1.82, 2.24) is 19.7 Å². The van der Waals surface area contributed by atoms with E-state index in [1.807, 2.05) is 6.92 Å². The molecule has 20 heavy (non-hydrogen) atoms. The van der Waals surface area contributed by atoms with E-state index in [2.05, 4.69) is 20.4 Å². The van der Waals surface area contributed by atoms with E-state index in [0.29, 0.717) is 16.7 Å². The number of aromatic nitrogens is 4. The van der Waals surface area contributed by atoms with Gasteiger partial charge in [-0.05, 0) is 30.7 Å². The molecule has 0 aliphatic carbocycles. The first-order valence-corrected chi connectivity index (χ1v) is 6.11. The van der Waals surface area contributed by atoms with Crippen molar-refractivity contribution in [2.45, 2.75) is 13.5 Å². The number of hydrogen-bond donors (Lipinski definition) is 3. The highest BCUT2D eigenvalue weighted by Crippen LogP contribution is 2.14. The Bertz CT molecular complexity index is 827. The third-order valence-electron chi connectivity index (χ3n) is 2.87. The Kier molecular flexibility index (Phi) is 2.86. The largest absolute Gasteiger partial charge is 0.324 e. The molecule has 0 aliphatic heterocycles. The molecule has 2 heterocycles. The van der Waals surface area contributed by atoms with E-state index in [0.717, 1.165) is 5.56 Å². The van der Waals surface area contributed by atoms with Gasteiger partial charge in [0.05, 0.1) is 17.2 Å². The lowest BCUT2D eigenvalue weighted by atomic mass is 10.3. The molecule has 1 aromatic carbocycles. The number of hydrogen-bond acceptors (Lipinski definition) is 3. The summed E-state index contributed by atoms with van der Waals surface area (Å²) in [4.78, 5) is 28.3. The number of nitrogens with one attached hydrogen (secondary N) is 3. The summed E-state index contributed by atoms with van der Waals surface area (Å²) in [6, 6.07) is 5.18. The van der Waals surface area contributed by atoms with Gasteiger partial charge in [-0.15, -0.1) is 0 Å². The molecule has 0 atom stereocenters. The molecule has 0 saturated carbocycles. The molecule has 3 rings (SSSR count). The molecule has 0 bridgehead atoms. The lowest BCUT2D eigenvalue weighted by molar-refractivity contribution is -0.116. The third-order valence-corrected chi connectivity index (χ3v) is 2.87. The number of imidazole rings is 1. The van der Waals surface area contributed by atoms with Crippen molar-refractivity contribution in [3.63, 3.8) is 0 Å². The maximum absolute atomic E-state index is 11.9. The predicted molar refractivity (Wildman–Crippen MR) is 74.5 cm³/mol. The summed E-state index contributed by atoms with van der Waals surface area (Å²) in [5.74, 6) is -0.176. The van der Waals surface area contributed by atoms with Crippen LogP contribution in [0, 0.1) is 6.92 Å². The zero-order valence-corrected chi connectivity index (χ0v) is 10.8. The summed E-state index contributed by atoms with van der Waals surface area (Å²) >= 11 is 0. The first-order chi connectivity index (χ1) is 9.60. The van der Waals surface area contributed by atoms with Crippen molar-refractivity contribution in [3.05, 3.63) is 46.6 Å². The van der Waals surface area contributed by atoms with Crippen molar-refractivity contribution in [2.75, 3.05) is 5.32 Å². The molecule has 0 saturated heterocycles. The van der Waals surface area contributed by atoms with Gasteiger partial charge in [0.1, 0.15) is 6.54 Å². The van der Waals surface area contributed by atoms with Gasteiger partial charge in [0.25, 0.3) is 0 Å². The Morgan fingerprint density at radius 2 is 2.15 bits per heavy atom. The molecule has 7 heteroatoms. The SMILES string of the molecule is Cc1cnn(CC(=O)Nc2ccc3[nH]c(=O)[nH]c3c2)c1. The van der Waals surface area contributed by atoms with Crippen LogP contribution >= 0.6 is 0 Å². The number of fused-ring (bicyclic) bond motifs is 1. The number of H-pyrrole nitrogens is 2. The number of amides is 1. The average molecular weight is 271 g/mol. The summed E-state index contributed by atoms with van der Waals surface area (Å²) in [5, 5.41) is 6.82. The van der Waals surface area contributed by atoms with Gasteiger partial charge in [0.2, 0.25) is 5.91 Å². The van der Waals surface area contributed by atoms with Crippen LogP contribution in [0.2, 0.25) is 0 Å². The van der Waals surface area contributed by atoms with Crippen molar-refractivity contribution >= 4 is 22.6 Å². The molecule has 0 spiro atoms. The maximum Gasteiger partial charge on any atom is 0.323 e. The highest BCUT2D eigenvalue weighted by Gasteiger charge is 2.06. The quantitative estimate of drug-likeness (QED) is 0.663. The van der Waals surface area contributed by atoms with Crippen LogP contribution in [0.25, 0.3) is 11.0 Å². The Morgan fingerprint density at radius 3 is 2.90 bits per heavy atom. The molecule has 0 aliphatic rings. The lowest BCUT2D eigenvalue weighted by Gasteiger charge is -2.05. The van der Waals surface area contributed by atoms with Gasteiger partial charge < -0.3 is 15.3 Å². The zero-order valence-electron chi connectivity index (χ0n) is 10.8. The number of nitrogens with zero attached hydrogens (tertiary/aromatic N) is 2. The molecule has 1 amide bonds. The average Bonchev–Trinajstić information content (AvgIpc) is 2.93. The van der Waals surface area contributed by atoms with E-state index in [1.54, 1.807) is 35.3 Å². The normalized spacial score (nSPS) is 10.8. The van der Waals surface area contributed by atoms with Crippen molar-refractivity contribution in [2.24, 2.45) is 0 Å². The van der Waals surface area contributed by atoms with Gasteiger partial charge in [-0.3, -0.25) is 9.48 Å². The first-order valence-electron chi connectivity index (χ1n) is 6.11. The van der Waals surface area contributed by atoms with Gasteiger partial charge in [0.15, 0.2) is 0 Å². The molecule has 0 fully saturated rings. The fraction of sp³-hybridized carbons (Fsp3) is 0.154. The van der Waals surface area contributed by atoms with Crippen LogP contribution in [-0.2, 0) is 11.3 Å². The minimum absolute atomic E-state index is 0.148. The smallest absolute Gasteiger partial charge is 0.323 e. The van der Waals surface area contributed by atoms with Gasteiger partial charge in [-0.25, -0.2) is 4.79 Å². The number of rotatable bonds is 3. The third kappa shape index (κ3) is 2.46. The number of carbonyl (C=O) groups is 1. The van der Waals surface area contributed by atoms with Crippen LogP contribution < -0.4 is 11.0 Å². The Morgan fingerprint density at radius 1 is 1.35 bits per heavy atom. The van der Waals surface area contributed by atoms with E-state index < -0.39 is 0 Å². The second-order valence-electron chi connectivity index (χ2n) is 4.60. The summed E-state index contributed by atoms with van der Waals surface area (Å²) < 4.78 is 1.57. The number of benzene rings is 1. The van der Waals surface area contributed by atoms with Gasteiger partial charge in [-0.1, -0.05) is 0 Å². The molecule has 0 unspecified atom stereocenters. The van der Waals surface area contributed by atoms with E-state index in [4.69, 9.17) is 0 Å². The number of carbonyl (C=O) groups excluding carboxylic acids is 1. The summed E-state index contributed by atoms with van der Waals surface area (Å²) in [6.07, 6.45) is 3.50. The molecular weight excluding hydrogens is 258 g/mol. The predicted octanol–water partition coefficient (Wildman–Crippen LogP) is 1.000. The number of aromatic amines is 2. The topological polar surface area (TPSA) is 95.6 Å². The first kappa shape index (κ1) is 12.2. The van der Waals surface area contributed by atoms with Crippen LogP contribution in [0.3, 0.4) is 0 Å². The molecule has 2 aromatic heterocycles. The highest BCUT2D eigenvalue weighted by molar-refractivity contribution is 5.92. The second kappa shape index (κ2) is 4.69. The van der Waals surface area contributed by atoms with Crippen molar-refractivity contribution in [1.29, 1.82) is 0 Å². The van der Waals surface area contributed by atoms with Crippen LogP contribution in [-0.4, -0.2) is 25.7 Å². The Labute approximate surface area is 113 Å². The Hall–Kier alpha value is -2.83. The van der Waals surface area contributed by atoms with Crippen LogP contribution in [0.15, 0.2) is 35.4 Å². The minimum Gasteiger partial charge on any atom is -0.324 e. The summed E-state index contributed by atoms with van der Waals surface area (Å²) in [5.41, 5.74) is 2.72. The maximum atomic E-state index is 11.9. The zero-order chi connectivity index (χ0) is 14.1. The van der Waals surface area contributed by atoms with Crippen molar-refractivity contribution in [3.8, 4) is 0 Å². The van der Waals surface area contributed by atoms with Gasteiger partial charge >= 0.3 is 5.69 Å². The van der Waals surface area contributed by atoms with Crippen LogP contribution in [0.4, 0.5) is 5.69 Å². The second-order valence-corrected chi connectivity index (χ2v) is 4.60. The van der Waals surface area contributed by atoms with Crippen LogP contribution in [0.5, 0.6) is 0 Å². The van der Waals surface area contributed by atoms with E-state index in [9.17, 15) is 9.59 Å². The van der Waals surface area contributed by atoms with E-state index in [-0.39, 0.29) is 18.1 Å². The molecule has 3 aromatic rings. The Balaban J connectivity index is 1.75. The number of aryl methyl sites for hydroxylation is 1. The summed E-state index contributed by atoms with van der Waals surface area (Å²) in [6.45, 7) is 2.06. The molecule has 3 N–H and O–H groups in total. The van der Waals surface area contributed by atoms with Crippen molar-refractivity contribution < 1.29 is 4.79 Å². The molecule has 0 radical (unpaired) electrons. The van der Waals surface area contributed by atoms with Gasteiger partial charge in [-0.2, -0.15) is 5.10 Å². The fourth-order valence-electron chi connectivity index (χ4n) is 2.01. The standard InChI is InChI=1S/C13H13N5O2/c1-8-5-14-18(6-8)7-12(19)15-9-2-3-10-11(4-9)17-13(20)16-10/h2-6H,7H2,1H3,(H,15,19)(H2,16,17,20). The molecule has 7 nitrogen and oxygen atoms in total.